The quantitative estimate of drug-likeness (QED) is 0.787. The third kappa shape index (κ3) is 4.04. The molecule has 0 aliphatic carbocycles. The fourth-order valence-corrected chi connectivity index (χ4v) is 2.47. The zero-order chi connectivity index (χ0) is 15.4. The molecule has 1 aromatic rings. The maximum Gasteiger partial charge on any atom is 0.228 e. The molecule has 0 aromatic carbocycles. The molecule has 116 valence electrons. The van der Waals surface area contributed by atoms with Crippen molar-refractivity contribution in [2.24, 2.45) is 5.92 Å². The first-order chi connectivity index (χ1) is 9.97. The Balaban J connectivity index is 1.87. The van der Waals surface area contributed by atoms with Gasteiger partial charge in [-0.15, -0.1) is 0 Å². The number of nitrogens with one attached hydrogen (secondary N) is 1. The van der Waals surface area contributed by atoms with Crippen molar-refractivity contribution in [3.05, 3.63) is 18.2 Å². The van der Waals surface area contributed by atoms with Gasteiger partial charge in [0.15, 0.2) is 0 Å². The van der Waals surface area contributed by atoms with Gasteiger partial charge in [0.2, 0.25) is 11.8 Å². The molecule has 21 heavy (non-hydrogen) atoms. The average Bonchev–Trinajstić information content (AvgIpc) is 3.05. The van der Waals surface area contributed by atoms with Crippen LogP contribution in [0.2, 0.25) is 0 Å². The summed E-state index contributed by atoms with van der Waals surface area (Å²) in [5.74, 6) is 0.591. The van der Waals surface area contributed by atoms with Crippen LogP contribution < -0.4 is 0 Å². The molecule has 7 nitrogen and oxygen atoms in total. The van der Waals surface area contributed by atoms with Gasteiger partial charge >= 0.3 is 0 Å². The second kappa shape index (κ2) is 6.71. The molecular formula is C14H23N5O2. The summed E-state index contributed by atoms with van der Waals surface area (Å²) in [5.41, 5.74) is 0. The highest BCUT2D eigenvalue weighted by atomic mass is 16.2. The van der Waals surface area contributed by atoms with E-state index in [0.29, 0.717) is 26.1 Å². The van der Waals surface area contributed by atoms with E-state index in [9.17, 15) is 9.59 Å². The Morgan fingerprint density at radius 2 is 2.24 bits per heavy atom. The Morgan fingerprint density at radius 3 is 2.86 bits per heavy atom. The molecule has 1 saturated heterocycles. The topological polar surface area (TPSA) is 72.5 Å². The number of aromatic amines is 1. The lowest BCUT2D eigenvalue weighted by molar-refractivity contribution is -0.135. The summed E-state index contributed by atoms with van der Waals surface area (Å²) in [6.07, 6.45) is 3.71. The normalized spacial score (nSPS) is 18.6. The van der Waals surface area contributed by atoms with Crippen LogP contribution in [0.25, 0.3) is 0 Å². The van der Waals surface area contributed by atoms with Crippen LogP contribution in [-0.4, -0.2) is 77.3 Å². The largest absolute Gasteiger partial charge is 0.347 e. The molecule has 1 aliphatic rings. The van der Waals surface area contributed by atoms with Crippen LogP contribution in [0.5, 0.6) is 0 Å². The summed E-state index contributed by atoms with van der Waals surface area (Å²) in [4.78, 5) is 36.9. The number of likely N-dealkylation sites (N-methyl/N-ethyl adjacent to an activating group) is 1. The minimum Gasteiger partial charge on any atom is -0.347 e. The molecule has 1 aliphatic heterocycles. The molecule has 1 N–H and O–H groups in total. The Labute approximate surface area is 124 Å². The van der Waals surface area contributed by atoms with Gasteiger partial charge in [0.05, 0.1) is 12.5 Å². The molecule has 1 fully saturated rings. The minimum atomic E-state index is -0.236. The molecule has 1 aromatic heterocycles. The fourth-order valence-electron chi connectivity index (χ4n) is 2.47. The van der Waals surface area contributed by atoms with Crippen LogP contribution in [0, 0.1) is 5.92 Å². The van der Waals surface area contributed by atoms with E-state index in [-0.39, 0.29) is 17.7 Å². The molecule has 1 atom stereocenters. The second-order valence-corrected chi connectivity index (χ2v) is 5.77. The maximum absolute atomic E-state index is 12.4. The van der Waals surface area contributed by atoms with Crippen molar-refractivity contribution >= 4 is 11.8 Å². The number of carbonyl (C=O) groups excluding carboxylic acids is 2. The van der Waals surface area contributed by atoms with E-state index in [0.717, 1.165) is 12.4 Å². The van der Waals surface area contributed by atoms with Gasteiger partial charge in [-0.1, -0.05) is 0 Å². The highest BCUT2D eigenvalue weighted by molar-refractivity contribution is 5.89. The number of likely N-dealkylation sites (tertiary alicyclic amines) is 1. The summed E-state index contributed by atoms with van der Waals surface area (Å²) >= 11 is 0. The van der Waals surface area contributed by atoms with Crippen LogP contribution in [-0.2, 0) is 16.1 Å². The molecule has 2 rings (SSSR count). The molecule has 0 bridgehead atoms. The van der Waals surface area contributed by atoms with E-state index in [1.807, 2.05) is 19.0 Å². The summed E-state index contributed by atoms with van der Waals surface area (Å²) in [6, 6.07) is 0. The molecule has 7 heteroatoms. The Morgan fingerprint density at radius 1 is 1.48 bits per heavy atom. The summed E-state index contributed by atoms with van der Waals surface area (Å²) < 4.78 is 0. The van der Waals surface area contributed by atoms with E-state index in [4.69, 9.17) is 0 Å². The minimum absolute atomic E-state index is 0.00658. The monoisotopic (exact) mass is 293 g/mol. The number of aromatic nitrogens is 2. The number of hydrogen-bond donors (Lipinski definition) is 1. The number of rotatable bonds is 6. The van der Waals surface area contributed by atoms with Crippen LogP contribution in [0.15, 0.2) is 12.4 Å². The van der Waals surface area contributed by atoms with Gasteiger partial charge in [-0.25, -0.2) is 4.98 Å². The molecule has 0 spiro atoms. The molecule has 0 radical (unpaired) electrons. The molecular weight excluding hydrogens is 270 g/mol. The van der Waals surface area contributed by atoms with Crippen molar-refractivity contribution in [1.29, 1.82) is 0 Å². The van der Waals surface area contributed by atoms with Gasteiger partial charge in [0.1, 0.15) is 5.82 Å². The van der Waals surface area contributed by atoms with Crippen molar-refractivity contribution < 1.29 is 9.59 Å². The van der Waals surface area contributed by atoms with Crippen molar-refractivity contribution in [3.8, 4) is 0 Å². The lowest BCUT2D eigenvalue weighted by Crippen LogP contribution is -2.36. The van der Waals surface area contributed by atoms with E-state index in [2.05, 4.69) is 9.97 Å². The van der Waals surface area contributed by atoms with Crippen LogP contribution in [0.1, 0.15) is 12.2 Å². The van der Waals surface area contributed by atoms with Crippen LogP contribution in [0.4, 0.5) is 0 Å². The summed E-state index contributed by atoms with van der Waals surface area (Å²) in [7, 11) is 5.69. The predicted molar refractivity (Wildman–Crippen MR) is 78.3 cm³/mol. The van der Waals surface area contributed by atoms with Crippen molar-refractivity contribution in [1.82, 2.24) is 24.7 Å². The summed E-state index contributed by atoms with van der Waals surface area (Å²) in [5, 5.41) is 0. The Hall–Kier alpha value is -1.89. The maximum atomic E-state index is 12.4. The van der Waals surface area contributed by atoms with Crippen molar-refractivity contribution in [2.75, 3.05) is 40.8 Å². The lowest BCUT2D eigenvalue weighted by atomic mass is 10.1. The standard InChI is InChI=1S/C14H23N5O2/c1-17(2)6-7-19-9-11(8-13(19)20)14(21)18(3)10-12-15-4-5-16-12/h4-5,11H,6-10H2,1-3H3,(H,15,16). The predicted octanol–water partition coefficient (Wildman–Crippen LogP) is -0.222. The average molecular weight is 293 g/mol. The number of carbonyl (C=O) groups is 2. The Bertz CT molecular complexity index is 486. The van der Waals surface area contributed by atoms with Gasteiger partial charge in [-0.2, -0.15) is 0 Å². The Kier molecular flexibility index (Phi) is 4.95. The second-order valence-electron chi connectivity index (χ2n) is 5.77. The first-order valence-corrected chi connectivity index (χ1v) is 7.13. The summed E-state index contributed by atoms with van der Waals surface area (Å²) in [6.45, 7) is 2.45. The smallest absolute Gasteiger partial charge is 0.228 e. The molecule has 2 heterocycles. The third-order valence-electron chi connectivity index (χ3n) is 3.70. The molecule has 0 saturated carbocycles. The zero-order valence-electron chi connectivity index (χ0n) is 12.9. The fraction of sp³-hybridized carbons (Fsp3) is 0.643. The van der Waals surface area contributed by atoms with Crippen molar-refractivity contribution in [3.63, 3.8) is 0 Å². The molecule has 1 unspecified atom stereocenters. The van der Waals surface area contributed by atoms with Gasteiger partial charge in [-0.3, -0.25) is 9.59 Å². The van der Waals surface area contributed by atoms with Gasteiger partial charge in [0, 0.05) is 45.5 Å². The van der Waals surface area contributed by atoms with E-state index >= 15 is 0 Å². The number of H-pyrrole nitrogens is 1. The lowest BCUT2D eigenvalue weighted by Gasteiger charge is -2.21. The SMILES string of the molecule is CN(C)CCN1CC(C(=O)N(C)Cc2ncc[nH]2)CC1=O. The van der Waals surface area contributed by atoms with Crippen molar-refractivity contribution in [2.45, 2.75) is 13.0 Å². The first-order valence-electron chi connectivity index (χ1n) is 7.13. The van der Waals surface area contributed by atoms with Gasteiger partial charge < -0.3 is 19.7 Å². The number of nitrogens with zero attached hydrogens (tertiary/aromatic N) is 4. The highest BCUT2D eigenvalue weighted by Crippen LogP contribution is 2.20. The van der Waals surface area contributed by atoms with Crippen LogP contribution >= 0.6 is 0 Å². The van der Waals surface area contributed by atoms with E-state index in [1.165, 1.54) is 0 Å². The van der Waals surface area contributed by atoms with E-state index in [1.54, 1.807) is 29.2 Å². The third-order valence-corrected chi connectivity index (χ3v) is 3.70. The first kappa shape index (κ1) is 15.5. The van der Waals surface area contributed by atoms with E-state index < -0.39 is 0 Å². The zero-order valence-corrected chi connectivity index (χ0v) is 12.9. The van der Waals surface area contributed by atoms with Gasteiger partial charge in [0.25, 0.3) is 0 Å². The van der Waals surface area contributed by atoms with Gasteiger partial charge in [-0.05, 0) is 14.1 Å². The van der Waals surface area contributed by atoms with Crippen LogP contribution in [0.3, 0.4) is 0 Å². The number of hydrogen-bond acceptors (Lipinski definition) is 4. The number of amides is 2. The molecule has 2 amide bonds. The number of imidazole rings is 1. The highest BCUT2D eigenvalue weighted by Gasteiger charge is 2.35.